The largest absolute Gasteiger partial charge is 0.396 e. The Labute approximate surface area is 88.3 Å². The third kappa shape index (κ3) is 3.91. The summed E-state index contributed by atoms with van der Waals surface area (Å²) in [5, 5.41) is 9.08. The summed E-state index contributed by atoms with van der Waals surface area (Å²) in [7, 11) is 0. The summed E-state index contributed by atoms with van der Waals surface area (Å²) in [5.41, 5.74) is 6.61. The first kappa shape index (κ1) is 12.7. The molecule has 1 aromatic rings. The van der Waals surface area contributed by atoms with Gasteiger partial charge in [0.15, 0.2) is 0 Å². The lowest BCUT2D eigenvalue weighted by Crippen LogP contribution is -2.11. The van der Waals surface area contributed by atoms with E-state index in [1.807, 2.05) is 6.07 Å². The van der Waals surface area contributed by atoms with E-state index in [1.165, 1.54) is 0 Å². The zero-order chi connectivity index (χ0) is 8.97. The van der Waals surface area contributed by atoms with Gasteiger partial charge in [0.1, 0.15) is 5.15 Å². The molecule has 5 heteroatoms. The van der Waals surface area contributed by atoms with Gasteiger partial charge in [0.05, 0.1) is 0 Å². The van der Waals surface area contributed by atoms with E-state index in [0.29, 0.717) is 11.6 Å². The highest BCUT2D eigenvalue weighted by Gasteiger charge is 2.04. The number of aromatic nitrogens is 1. The van der Waals surface area contributed by atoms with Crippen LogP contribution in [0, 0.1) is 0 Å². The van der Waals surface area contributed by atoms with Crippen molar-refractivity contribution in [1.82, 2.24) is 4.98 Å². The molecule has 0 bridgehead atoms. The molecule has 74 valence electrons. The van der Waals surface area contributed by atoms with Crippen molar-refractivity contribution in [3.8, 4) is 0 Å². The number of hydrogen-bond acceptors (Lipinski definition) is 3. The van der Waals surface area contributed by atoms with Gasteiger partial charge >= 0.3 is 0 Å². The van der Waals surface area contributed by atoms with Crippen molar-refractivity contribution in [2.24, 2.45) is 5.73 Å². The third-order valence-electron chi connectivity index (χ3n) is 1.62. The molecular formula is C8H12Cl2N2O. The first-order chi connectivity index (χ1) is 5.74. The molecule has 0 spiro atoms. The van der Waals surface area contributed by atoms with Gasteiger partial charge in [-0.2, -0.15) is 0 Å². The maximum absolute atomic E-state index is 8.63. The van der Waals surface area contributed by atoms with Gasteiger partial charge in [-0.1, -0.05) is 17.7 Å². The minimum atomic E-state index is -0.153. The Morgan fingerprint density at radius 2 is 2.23 bits per heavy atom. The van der Waals surface area contributed by atoms with Crippen molar-refractivity contribution in [2.45, 2.75) is 12.5 Å². The summed E-state index contributed by atoms with van der Waals surface area (Å²) in [6.07, 6.45) is 2.17. The molecule has 0 amide bonds. The number of rotatable bonds is 3. The molecule has 1 aromatic heterocycles. The number of aliphatic hydroxyl groups excluding tert-OH is 1. The van der Waals surface area contributed by atoms with Gasteiger partial charge in [0.2, 0.25) is 0 Å². The first-order valence-corrected chi connectivity index (χ1v) is 4.09. The van der Waals surface area contributed by atoms with E-state index >= 15 is 0 Å². The zero-order valence-electron chi connectivity index (χ0n) is 6.98. The average Bonchev–Trinajstić information content (AvgIpc) is 2.06. The summed E-state index contributed by atoms with van der Waals surface area (Å²) in [4.78, 5) is 3.89. The van der Waals surface area contributed by atoms with Gasteiger partial charge in [-0.3, -0.25) is 0 Å². The van der Waals surface area contributed by atoms with Crippen LogP contribution in [0.4, 0.5) is 0 Å². The number of nitrogens with two attached hydrogens (primary N) is 1. The number of nitrogens with zero attached hydrogens (tertiary/aromatic N) is 1. The van der Waals surface area contributed by atoms with Crippen LogP contribution in [0.25, 0.3) is 0 Å². The van der Waals surface area contributed by atoms with Crippen molar-refractivity contribution >= 4 is 24.0 Å². The lowest BCUT2D eigenvalue weighted by molar-refractivity contribution is 0.276. The monoisotopic (exact) mass is 222 g/mol. The maximum Gasteiger partial charge on any atom is 0.129 e. The lowest BCUT2D eigenvalue weighted by Gasteiger charge is -2.08. The minimum Gasteiger partial charge on any atom is -0.396 e. The van der Waals surface area contributed by atoms with Crippen LogP contribution >= 0.6 is 24.0 Å². The number of pyridine rings is 1. The highest BCUT2D eigenvalue weighted by Crippen LogP contribution is 2.13. The molecule has 0 saturated carbocycles. The van der Waals surface area contributed by atoms with Crippen molar-refractivity contribution < 1.29 is 5.11 Å². The Hall–Kier alpha value is -0.350. The van der Waals surface area contributed by atoms with E-state index < -0.39 is 0 Å². The molecule has 0 aliphatic carbocycles. The van der Waals surface area contributed by atoms with Crippen LogP contribution in [0.3, 0.4) is 0 Å². The molecule has 0 aliphatic heterocycles. The third-order valence-corrected chi connectivity index (χ3v) is 1.84. The van der Waals surface area contributed by atoms with Crippen molar-refractivity contribution in [1.29, 1.82) is 0 Å². The van der Waals surface area contributed by atoms with Crippen LogP contribution in [-0.2, 0) is 0 Å². The Balaban J connectivity index is 0.00000144. The predicted octanol–water partition coefficient (Wildman–Crippen LogP) is 1.54. The quantitative estimate of drug-likeness (QED) is 0.764. The van der Waals surface area contributed by atoms with Crippen molar-refractivity contribution in [2.75, 3.05) is 6.61 Å². The van der Waals surface area contributed by atoms with Crippen LogP contribution in [0.5, 0.6) is 0 Å². The summed E-state index contributed by atoms with van der Waals surface area (Å²) in [6, 6.07) is 3.35. The average molecular weight is 223 g/mol. The van der Waals surface area contributed by atoms with Crippen molar-refractivity contribution in [3.05, 3.63) is 29.0 Å². The van der Waals surface area contributed by atoms with E-state index in [2.05, 4.69) is 4.98 Å². The van der Waals surface area contributed by atoms with Gasteiger partial charge in [-0.25, -0.2) is 4.98 Å². The SMILES string of the molecule is Cl.NC(CCO)c1ccc(Cl)nc1. The normalized spacial score (nSPS) is 11.9. The van der Waals surface area contributed by atoms with Gasteiger partial charge in [0.25, 0.3) is 0 Å². The minimum absolute atomic E-state index is 0. The smallest absolute Gasteiger partial charge is 0.129 e. The number of hydrogen-bond donors (Lipinski definition) is 2. The number of aliphatic hydroxyl groups is 1. The Morgan fingerprint density at radius 1 is 1.54 bits per heavy atom. The Bertz CT molecular complexity index is 240. The van der Waals surface area contributed by atoms with Crippen LogP contribution in [-0.4, -0.2) is 16.7 Å². The summed E-state index contributed by atoms with van der Waals surface area (Å²) in [6.45, 7) is 0.0871. The van der Waals surface area contributed by atoms with E-state index in [0.717, 1.165) is 5.56 Å². The molecule has 1 heterocycles. The first-order valence-electron chi connectivity index (χ1n) is 3.72. The van der Waals surface area contributed by atoms with E-state index in [4.69, 9.17) is 22.4 Å². The fraction of sp³-hybridized carbons (Fsp3) is 0.375. The summed E-state index contributed by atoms with van der Waals surface area (Å²) >= 11 is 5.59. The molecule has 3 N–H and O–H groups in total. The second kappa shape index (κ2) is 6.16. The van der Waals surface area contributed by atoms with Gasteiger partial charge in [-0.05, 0) is 18.1 Å². The molecule has 13 heavy (non-hydrogen) atoms. The molecule has 1 atom stereocenters. The topological polar surface area (TPSA) is 59.1 Å². The highest BCUT2D eigenvalue weighted by atomic mass is 35.5. The fourth-order valence-corrected chi connectivity index (χ4v) is 1.02. The van der Waals surface area contributed by atoms with Crippen LogP contribution in [0.2, 0.25) is 5.15 Å². The molecule has 0 saturated heterocycles. The van der Waals surface area contributed by atoms with E-state index in [-0.39, 0.29) is 25.1 Å². The molecule has 1 rings (SSSR count). The molecule has 3 nitrogen and oxygen atoms in total. The van der Waals surface area contributed by atoms with Gasteiger partial charge in [0, 0.05) is 18.8 Å². The number of halogens is 2. The van der Waals surface area contributed by atoms with Crippen LogP contribution < -0.4 is 5.73 Å². The molecule has 0 aliphatic rings. The van der Waals surface area contributed by atoms with E-state index in [9.17, 15) is 0 Å². The van der Waals surface area contributed by atoms with Gasteiger partial charge in [-0.15, -0.1) is 12.4 Å². The van der Waals surface area contributed by atoms with Crippen LogP contribution in [0.1, 0.15) is 18.0 Å². The second-order valence-corrected chi connectivity index (χ2v) is 2.92. The van der Waals surface area contributed by atoms with Crippen molar-refractivity contribution in [3.63, 3.8) is 0 Å². The van der Waals surface area contributed by atoms with Crippen LogP contribution in [0.15, 0.2) is 18.3 Å². The summed E-state index contributed by atoms with van der Waals surface area (Å²) in [5.74, 6) is 0. The molecule has 0 fully saturated rings. The fourth-order valence-electron chi connectivity index (χ4n) is 0.912. The maximum atomic E-state index is 8.63. The molecule has 0 aromatic carbocycles. The highest BCUT2D eigenvalue weighted by molar-refractivity contribution is 6.29. The second-order valence-electron chi connectivity index (χ2n) is 2.53. The Morgan fingerprint density at radius 3 is 2.69 bits per heavy atom. The molecule has 1 unspecified atom stereocenters. The summed E-state index contributed by atoms with van der Waals surface area (Å²) < 4.78 is 0. The Kier molecular flexibility index (Phi) is 5.99. The predicted molar refractivity (Wildman–Crippen MR) is 55.1 cm³/mol. The lowest BCUT2D eigenvalue weighted by atomic mass is 10.1. The molecule has 0 radical (unpaired) electrons. The standard InChI is InChI=1S/C8H11ClN2O.ClH/c9-8-2-1-6(5-11-8)7(10)3-4-12;/h1-2,5,7,12H,3-4,10H2;1H. The van der Waals surface area contributed by atoms with E-state index in [1.54, 1.807) is 12.3 Å². The zero-order valence-corrected chi connectivity index (χ0v) is 8.55. The molecular weight excluding hydrogens is 211 g/mol. The van der Waals surface area contributed by atoms with Gasteiger partial charge < -0.3 is 10.8 Å².